The van der Waals surface area contributed by atoms with Crippen LogP contribution in [-0.2, 0) is 9.59 Å². The highest BCUT2D eigenvalue weighted by atomic mass is 35.5. The average molecular weight is 413 g/mol. The molecule has 1 aliphatic rings. The summed E-state index contributed by atoms with van der Waals surface area (Å²) in [6.45, 7) is 4.40. The van der Waals surface area contributed by atoms with E-state index < -0.39 is 17.7 Å². The van der Waals surface area contributed by atoms with Crippen LogP contribution in [0.5, 0.6) is 0 Å². The van der Waals surface area contributed by atoms with Crippen molar-refractivity contribution in [1.82, 2.24) is 4.90 Å². The third kappa shape index (κ3) is 4.15. The second kappa shape index (κ2) is 8.29. The molecule has 5 nitrogen and oxygen atoms in total. The Morgan fingerprint density at radius 2 is 1.66 bits per heavy atom. The van der Waals surface area contributed by atoms with Crippen molar-refractivity contribution in [1.29, 1.82) is 0 Å². The van der Waals surface area contributed by atoms with E-state index >= 15 is 0 Å². The van der Waals surface area contributed by atoms with E-state index in [-0.39, 0.29) is 17.3 Å². The fraction of sp³-hybridized carbons (Fsp3) is 0.304. The zero-order valence-electron chi connectivity index (χ0n) is 17.0. The number of Topliss-reactive ketones (excluding diaryl/α,β-unsaturated/α-hetero) is 1. The van der Waals surface area contributed by atoms with Crippen LogP contribution in [0.4, 0.5) is 5.69 Å². The summed E-state index contributed by atoms with van der Waals surface area (Å²) < 4.78 is 0. The minimum absolute atomic E-state index is 0.107. The predicted molar refractivity (Wildman–Crippen MR) is 116 cm³/mol. The number of ketones is 1. The smallest absolute Gasteiger partial charge is 0.295 e. The van der Waals surface area contributed by atoms with E-state index in [2.05, 4.69) is 0 Å². The van der Waals surface area contributed by atoms with Crippen LogP contribution in [0.3, 0.4) is 0 Å². The highest BCUT2D eigenvalue weighted by Gasteiger charge is 2.46. The Balaban J connectivity index is 2.15. The van der Waals surface area contributed by atoms with Crippen LogP contribution in [0.2, 0.25) is 5.02 Å². The molecule has 1 N–H and O–H groups in total. The molecule has 1 heterocycles. The lowest BCUT2D eigenvalue weighted by atomic mass is 9.95. The van der Waals surface area contributed by atoms with E-state index in [9.17, 15) is 14.7 Å². The number of hydrogen-bond donors (Lipinski definition) is 1. The molecule has 0 radical (unpaired) electrons. The molecule has 1 amide bonds. The number of likely N-dealkylation sites (tertiary alicyclic amines) is 1. The summed E-state index contributed by atoms with van der Waals surface area (Å²) >= 11 is 5.94. The molecular weight excluding hydrogens is 388 g/mol. The molecule has 1 saturated heterocycles. The first kappa shape index (κ1) is 20.9. The van der Waals surface area contributed by atoms with E-state index in [1.54, 1.807) is 29.2 Å². The first-order chi connectivity index (χ1) is 13.7. The van der Waals surface area contributed by atoms with Crippen molar-refractivity contribution in [3.8, 4) is 0 Å². The minimum Gasteiger partial charge on any atom is -0.507 e. The molecule has 1 aliphatic heterocycles. The lowest BCUT2D eigenvalue weighted by molar-refractivity contribution is -0.140. The molecule has 152 valence electrons. The van der Waals surface area contributed by atoms with Gasteiger partial charge in [-0.1, -0.05) is 37.6 Å². The third-order valence-corrected chi connectivity index (χ3v) is 5.20. The van der Waals surface area contributed by atoms with Gasteiger partial charge in [0, 0.05) is 36.9 Å². The van der Waals surface area contributed by atoms with Crippen molar-refractivity contribution >= 4 is 34.7 Å². The third-order valence-electron chi connectivity index (χ3n) is 4.94. The molecule has 0 aromatic heterocycles. The highest BCUT2D eigenvalue weighted by Crippen LogP contribution is 2.40. The average Bonchev–Trinajstić information content (AvgIpc) is 2.92. The number of carbonyl (C=O) groups excluding carboxylic acids is 2. The normalized spacial score (nSPS) is 18.6. The Morgan fingerprint density at radius 3 is 2.17 bits per heavy atom. The van der Waals surface area contributed by atoms with Crippen molar-refractivity contribution in [2.45, 2.75) is 19.9 Å². The number of rotatable bonds is 5. The monoisotopic (exact) mass is 412 g/mol. The molecule has 0 unspecified atom stereocenters. The fourth-order valence-electron chi connectivity index (χ4n) is 3.53. The van der Waals surface area contributed by atoms with Crippen LogP contribution < -0.4 is 4.90 Å². The highest BCUT2D eigenvalue weighted by molar-refractivity contribution is 6.46. The zero-order valence-corrected chi connectivity index (χ0v) is 17.8. The number of carbonyl (C=O) groups is 2. The van der Waals surface area contributed by atoms with Gasteiger partial charge in [-0.05, 0) is 47.9 Å². The van der Waals surface area contributed by atoms with E-state index in [0.29, 0.717) is 17.1 Å². The van der Waals surface area contributed by atoms with Gasteiger partial charge in [0.05, 0.1) is 11.6 Å². The number of anilines is 1. The Morgan fingerprint density at radius 1 is 1.07 bits per heavy atom. The number of amides is 1. The van der Waals surface area contributed by atoms with Gasteiger partial charge in [0.2, 0.25) is 0 Å². The fourth-order valence-corrected chi connectivity index (χ4v) is 3.65. The van der Waals surface area contributed by atoms with E-state index in [1.807, 2.05) is 57.1 Å². The van der Waals surface area contributed by atoms with Crippen LogP contribution >= 0.6 is 11.6 Å². The van der Waals surface area contributed by atoms with Gasteiger partial charge in [0.1, 0.15) is 5.76 Å². The Hall–Kier alpha value is -2.79. The lowest BCUT2D eigenvalue weighted by Gasteiger charge is -2.27. The molecule has 2 aromatic rings. The van der Waals surface area contributed by atoms with Gasteiger partial charge in [-0.3, -0.25) is 9.59 Å². The maximum absolute atomic E-state index is 12.9. The van der Waals surface area contributed by atoms with Gasteiger partial charge >= 0.3 is 0 Å². The first-order valence-electron chi connectivity index (χ1n) is 9.52. The van der Waals surface area contributed by atoms with E-state index in [1.165, 1.54) is 0 Å². The Bertz CT molecular complexity index is 947. The largest absolute Gasteiger partial charge is 0.507 e. The van der Waals surface area contributed by atoms with Crippen LogP contribution in [0.15, 0.2) is 54.1 Å². The molecule has 3 rings (SSSR count). The SMILES string of the molecule is CC(C)CN1C(=O)C(=O)C(=C(O)c2ccc(Cl)cc2)[C@H]1c1ccc(N(C)C)cc1. The molecule has 2 aromatic carbocycles. The summed E-state index contributed by atoms with van der Waals surface area (Å²) in [6, 6.07) is 13.6. The maximum Gasteiger partial charge on any atom is 0.295 e. The minimum atomic E-state index is -0.667. The lowest BCUT2D eigenvalue weighted by Crippen LogP contribution is -2.33. The quantitative estimate of drug-likeness (QED) is 0.446. The number of halogens is 1. The second-order valence-electron chi connectivity index (χ2n) is 7.84. The van der Waals surface area contributed by atoms with Gasteiger partial charge in [-0.25, -0.2) is 0 Å². The topological polar surface area (TPSA) is 60.9 Å². The number of aliphatic hydroxyl groups is 1. The van der Waals surface area contributed by atoms with E-state index in [4.69, 9.17) is 11.6 Å². The predicted octanol–water partition coefficient (Wildman–Crippen LogP) is 4.48. The molecule has 0 bridgehead atoms. The van der Waals surface area contributed by atoms with Crippen molar-refractivity contribution in [2.75, 3.05) is 25.5 Å². The van der Waals surface area contributed by atoms with Crippen LogP contribution in [0, 0.1) is 5.92 Å². The summed E-state index contributed by atoms with van der Waals surface area (Å²) in [5, 5.41) is 11.5. The summed E-state index contributed by atoms with van der Waals surface area (Å²) in [6.07, 6.45) is 0. The van der Waals surface area contributed by atoms with Gasteiger partial charge in [0.15, 0.2) is 0 Å². The molecule has 0 saturated carbocycles. The number of benzene rings is 2. The van der Waals surface area contributed by atoms with Crippen LogP contribution in [0.1, 0.15) is 31.0 Å². The summed E-state index contributed by atoms with van der Waals surface area (Å²) in [4.78, 5) is 29.2. The van der Waals surface area contributed by atoms with Crippen molar-refractivity contribution in [3.63, 3.8) is 0 Å². The molecule has 0 spiro atoms. The van der Waals surface area contributed by atoms with Gasteiger partial charge in [0.25, 0.3) is 11.7 Å². The second-order valence-corrected chi connectivity index (χ2v) is 8.27. The summed E-state index contributed by atoms with van der Waals surface area (Å²) in [5.74, 6) is -1.27. The van der Waals surface area contributed by atoms with Gasteiger partial charge in [-0.2, -0.15) is 0 Å². The maximum atomic E-state index is 12.9. The number of aliphatic hydroxyl groups excluding tert-OH is 1. The summed E-state index contributed by atoms with van der Waals surface area (Å²) in [5.41, 5.74) is 2.35. The molecular formula is C23H25ClN2O3. The van der Waals surface area contributed by atoms with Gasteiger partial charge < -0.3 is 14.9 Å². The summed E-state index contributed by atoms with van der Waals surface area (Å²) in [7, 11) is 3.89. The van der Waals surface area contributed by atoms with Crippen molar-refractivity contribution < 1.29 is 14.7 Å². The molecule has 1 atom stereocenters. The number of hydrogen-bond acceptors (Lipinski definition) is 4. The van der Waals surface area contributed by atoms with Crippen molar-refractivity contribution in [3.05, 3.63) is 70.3 Å². The molecule has 6 heteroatoms. The standard InChI is InChI=1S/C23H25ClN2O3/c1-14(2)13-26-20(15-7-11-18(12-8-15)25(3)4)19(22(28)23(26)29)21(27)16-5-9-17(24)10-6-16/h5-12,14,20,27H,13H2,1-4H3/t20-/m1/s1. The van der Waals surface area contributed by atoms with Crippen LogP contribution in [0.25, 0.3) is 5.76 Å². The molecule has 29 heavy (non-hydrogen) atoms. The molecule has 1 fully saturated rings. The van der Waals surface area contributed by atoms with Crippen molar-refractivity contribution in [2.24, 2.45) is 5.92 Å². The Labute approximate surface area is 176 Å². The number of nitrogens with zero attached hydrogens (tertiary/aromatic N) is 2. The first-order valence-corrected chi connectivity index (χ1v) is 9.90. The molecule has 0 aliphatic carbocycles. The van der Waals surface area contributed by atoms with Crippen LogP contribution in [-0.4, -0.2) is 42.3 Å². The van der Waals surface area contributed by atoms with Gasteiger partial charge in [-0.15, -0.1) is 0 Å². The zero-order chi connectivity index (χ0) is 21.3. The van der Waals surface area contributed by atoms with E-state index in [0.717, 1.165) is 11.3 Å². The Kier molecular flexibility index (Phi) is 5.99.